The van der Waals surface area contributed by atoms with Gasteiger partial charge in [0.25, 0.3) is 5.91 Å². The summed E-state index contributed by atoms with van der Waals surface area (Å²) >= 11 is 0. The van der Waals surface area contributed by atoms with Crippen molar-refractivity contribution in [2.45, 2.75) is 45.8 Å². The van der Waals surface area contributed by atoms with E-state index in [0.717, 1.165) is 12.2 Å². The molecule has 0 fully saturated rings. The molecule has 1 unspecified atom stereocenters. The molecule has 1 aromatic rings. The Kier molecular flexibility index (Phi) is 5.36. The molecular formula is C15H24N2O2. The summed E-state index contributed by atoms with van der Waals surface area (Å²) in [6, 6.07) is 7.15. The number of benzene rings is 1. The van der Waals surface area contributed by atoms with Gasteiger partial charge in [-0.05, 0) is 51.5 Å². The summed E-state index contributed by atoms with van der Waals surface area (Å²) in [7, 11) is 0. The van der Waals surface area contributed by atoms with E-state index in [0.29, 0.717) is 12.1 Å². The molecule has 0 aliphatic heterocycles. The van der Waals surface area contributed by atoms with Crippen molar-refractivity contribution < 1.29 is 9.53 Å². The van der Waals surface area contributed by atoms with Crippen LogP contribution in [0, 0.1) is 0 Å². The minimum atomic E-state index is -0.407. The maximum atomic E-state index is 11.9. The second kappa shape index (κ2) is 6.57. The molecule has 0 aliphatic rings. The van der Waals surface area contributed by atoms with Crippen molar-refractivity contribution in [2.24, 2.45) is 5.73 Å². The van der Waals surface area contributed by atoms with Gasteiger partial charge in [0.1, 0.15) is 5.75 Å². The van der Waals surface area contributed by atoms with Crippen LogP contribution in [-0.2, 0) is 0 Å². The number of carbonyl (C=O) groups excluding carboxylic acids is 1. The van der Waals surface area contributed by atoms with Crippen LogP contribution < -0.4 is 15.8 Å². The van der Waals surface area contributed by atoms with Gasteiger partial charge in [-0.25, -0.2) is 0 Å². The predicted octanol–water partition coefficient (Wildman–Crippen LogP) is 2.33. The topological polar surface area (TPSA) is 64.3 Å². The number of amides is 1. The van der Waals surface area contributed by atoms with Gasteiger partial charge in [0, 0.05) is 17.6 Å². The Morgan fingerprint density at radius 3 is 2.42 bits per heavy atom. The number of carbonyl (C=O) groups is 1. The average molecular weight is 264 g/mol. The molecule has 1 rings (SSSR count). The summed E-state index contributed by atoms with van der Waals surface area (Å²) in [5.74, 6) is 0.665. The van der Waals surface area contributed by atoms with Crippen LogP contribution in [0.15, 0.2) is 24.3 Å². The lowest BCUT2D eigenvalue weighted by atomic mass is 10.1. The molecule has 1 atom stereocenters. The van der Waals surface area contributed by atoms with E-state index in [2.05, 4.69) is 12.2 Å². The van der Waals surface area contributed by atoms with Crippen molar-refractivity contribution in [2.75, 3.05) is 6.54 Å². The number of ether oxygens (including phenoxy) is 1. The molecule has 0 aromatic heterocycles. The van der Waals surface area contributed by atoms with E-state index in [1.807, 2.05) is 32.9 Å². The molecule has 106 valence electrons. The number of nitrogens with one attached hydrogen (secondary N) is 1. The van der Waals surface area contributed by atoms with Gasteiger partial charge in [0.05, 0.1) is 6.10 Å². The van der Waals surface area contributed by atoms with E-state index in [-0.39, 0.29) is 12.0 Å². The molecule has 0 aliphatic carbocycles. The Hall–Kier alpha value is -1.55. The second-order valence-corrected chi connectivity index (χ2v) is 5.53. The van der Waals surface area contributed by atoms with Crippen molar-refractivity contribution in [3.63, 3.8) is 0 Å². The lowest BCUT2D eigenvalue weighted by Crippen LogP contribution is -2.45. The molecule has 0 bridgehead atoms. The van der Waals surface area contributed by atoms with Gasteiger partial charge >= 0.3 is 0 Å². The molecule has 0 radical (unpaired) electrons. The van der Waals surface area contributed by atoms with Crippen molar-refractivity contribution in [3.05, 3.63) is 29.8 Å². The monoisotopic (exact) mass is 264 g/mol. The van der Waals surface area contributed by atoms with Gasteiger partial charge in [-0.2, -0.15) is 0 Å². The Balaban J connectivity index is 2.58. The quantitative estimate of drug-likeness (QED) is 0.829. The largest absolute Gasteiger partial charge is 0.491 e. The van der Waals surface area contributed by atoms with Gasteiger partial charge in [0.2, 0.25) is 0 Å². The zero-order valence-corrected chi connectivity index (χ0v) is 12.2. The molecule has 0 heterocycles. The van der Waals surface area contributed by atoms with E-state index in [9.17, 15) is 4.79 Å². The Labute approximate surface area is 115 Å². The van der Waals surface area contributed by atoms with Crippen LogP contribution in [-0.4, -0.2) is 24.1 Å². The van der Waals surface area contributed by atoms with Gasteiger partial charge in [-0.15, -0.1) is 0 Å². The highest BCUT2D eigenvalue weighted by Crippen LogP contribution is 2.14. The standard InChI is InChI=1S/C15H24N2O2/c1-5-11(2)19-13-8-6-12(7-9-13)14(18)17-10-15(3,4)16/h6-9,11H,5,10,16H2,1-4H3,(H,17,18). The highest BCUT2D eigenvalue weighted by molar-refractivity contribution is 5.94. The predicted molar refractivity (Wildman–Crippen MR) is 77.4 cm³/mol. The molecule has 1 amide bonds. The summed E-state index contributed by atoms with van der Waals surface area (Å²) in [6.07, 6.45) is 1.13. The first-order chi connectivity index (χ1) is 8.81. The maximum absolute atomic E-state index is 11.9. The van der Waals surface area contributed by atoms with Crippen LogP contribution in [0.3, 0.4) is 0 Å². The molecule has 0 saturated heterocycles. The van der Waals surface area contributed by atoms with Crippen molar-refractivity contribution in [1.29, 1.82) is 0 Å². The molecule has 0 saturated carbocycles. The molecule has 4 nitrogen and oxygen atoms in total. The maximum Gasteiger partial charge on any atom is 0.251 e. The van der Waals surface area contributed by atoms with Crippen LogP contribution in [0.5, 0.6) is 5.75 Å². The van der Waals surface area contributed by atoms with Crippen LogP contribution >= 0.6 is 0 Å². The summed E-state index contributed by atoms with van der Waals surface area (Å²) in [4.78, 5) is 11.9. The SMILES string of the molecule is CCC(C)Oc1ccc(C(=O)NCC(C)(C)N)cc1. The van der Waals surface area contributed by atoms with Gasteiger partial charge < -0.3 is 15.8 Å². The molecule has 0 spiro atoms. The zero-order valence-electron chi connectivity index (χ0n) is 12.2. The third-order valence-corrected chi connectivity index (χ3v) is 2.73. The minimum absolute atomic E-state index is 0.117. The summed E-state index contributed by atoms with van der Waals surface area (Å²) in [5.41, 5.74) is 6.03. The third-order valence-electron chi connectivity index (χ3n) is 2.73. The summed E-state index contributed by atoms with van der Waals surface area (Å²) < 4.78 is 5.66. The third kappa shape index (κ3) is 5.75. The van der Waals surface area contributed by atoms with Crippen LogP contribution in [0.4, 0.5) is 0 Å². The number of hydrogen-bond acceptors (Lipinski definition) is 3. The average Bonchev–Trinajstić information content (AvgIpc) is 2.36. The van der Waals surface area contributed by atoms with Crippen molar-refractivity contribution in [3.8, 4) is 5.75 Å². The Bertz CT molecular complexity index is 407. The molecule has 4 heteroatoms. The first kappa shape index (κ1) is 15.5. The van der Waals surface area contributed by atoms with Crippen LogP contribution in [0.2, 0.25) is 0 Å². The zero-order chi connectivity index (χ0) is 14.5. The Morgan fingerprint density at radius 2 is 1.95 bits per heavy atom. The highest BCUT2D eigenvalue weighted by atomic mass is 16.5. The van der Waals surface area contributed by atoms with Gasteiger partial charge in [0.15, 0.2) is 0 Å². The first-order valence-corrected chi connectivity index (χ1v) is 6.65. The second-order valence-electron chi connectivity index (χ2n) is 5.53. The molecule has 1 aromatic carbocycles. The summed E-state index contributed by atoms with van der Waals surface area (Å²) in [6.45, 7) is 8.27. The first-order valence-electron chi connectivity index (χ1n) is 6.65. The summed E-state index contributed by atoms with van der Waals surface area (Å²) in [5, 5.41) is 2.81. The van der Waals surface area contributed by atoms with Crippen molar-refractivity contribution >= 4 is 5.91 Å². The molecule has 3 N–H and O–H groups in total. The lowest BCUT2D eigenvalue weighted by Gasteiger charge is -2.19. The Morgan fingerprint density at radius 1 is 1.37 bits per heavy atom. The lowest BCUT2D eigenvalue weighted by molar-refractivity contribution is 0.0946. The van der Waals surface area contributed by atoms with Crippen LogP contribution in [0.1, 0.15) is 44.5 Å². The number of nitrogens with two attached hydrogens (primary N) is 1. The fourth-order valence-electron chi connectivity index (χ4n) is 1.41. The van der Waals surface area contributed by atoms with Crippen LogP contribution in [0.25, 0.3) is 0 Å². The smallest absolute Gasteiger partial charge is 0.251 e. The highest BCUT2D eigenvalue weighted by Gasteiger charge is 2.13. The van der Waals surface area contributed by atoms with E-state index >= 15 is 0 Å². The number of hydrogen-bond donors (Lipinski definition) is 2. The van der Waals surface area contributed by atoms with E-state index in [1.165, 1.54) is 0 Å². The minimum Gasteiger partial charge on any atom is -0.491 e. The van der Waals surface area contributed by atoms with E-state index < -0.39 is 5.54 Å². The van der Waals surface area contributed by atoms with E-state index in [4.69, 9.17) is 10.5 Å². The molecular weight excluding hydrogens is 240 g/mol. The normalized spacial score (nSPS) is 12.9. The fraction of sp³-hybridized carbons (Fsp3) is 0.533. The van der Waals surface area contributed by atoms with E-state index in [1.54, 1.807) is 12.1 Å². The molecule has 19 heavy (non-hydrogen) atoms. The van der Waals surface area contributed by atoms with Gasteiger partial charge in [-0.3, -0.25) is 4.79 Å². The fourth-order valence-corrected chi connectivity index (χ4v) is 1.41. The number of rotatable bonds is 6. The van der Waals surface area contributed by atoms with Gasteiger partial charge in [-0.1, -0.05) is 6.92 Å². The van der Waals surface area contributed by atoms with Crippen molar-refractivity contribution in [1.82, 2.24) is 5.32 Å².